The van der Waals surface area contributed by atoms with Crippen molar-refractivity contribution in [1.29, 1.82) is 0 Å². The molecule has 0 N–H and O–H groups in total. The highest BCUT2D eigenvalue weighted by Gasteiger charge is 2.44. The van der Waals surface area contributed by atoms with E-state index in [1.807, 2.05) is 12.1 Å². The van der Waals surface area contributed by atoms with Crippen LogP contribution in [0, 0.1) is 5.92 Å². The zero-order valence-electron chi connectivity index (χ0n) is 17.6. The van der Waals surface area contributed by atoms with E-state index in [0.717, 1.165) is 55.6 Å². The lowest BCUT2D eigenvalue weighted by Gasteiger charge is -2.42. The Morgan fingerprint density at radius 1 is 1.13 bits per heavy atom. The first-order valence-corrected chi connectivity index (χ1v) is 12.7. The number of hydrogen-bond acceptors (Lipinski definition) is 6. The summed E-state index contributed by atoms with van der Waals surface area (Å²) in [4.78, 5) is 18.6. The SMILES string of the molecule is O=C(CC1CCOCC1)N1CC(S(=O)(=O)N2CCC(c3coc4cccnc34)CC2)C1. The fraction of sp³-hybridized carbons (Fsp3) is 0.636. The number of ether oxygens (including phenoxy) is 1. The van der Waals surface area contributed by atoms with Gasteiger partial charge in [0.15, 0.2) is 5.58 Å². The van der Waals surface area contributed by atoms with Gasteiger partial charge in [-0.2, -0.15) is 0 Å². The summed E-state index contributed by atoms with van der Waals surface area (Å²) in [5.74, 6) is 0.697. The Labute approximate surface area is 182 Å². The van der Waals surface area contributed by atoms with Gasteiger partial charge in [-0.1, -0.05) is 0 Å². The first-order chi connectivity index (χ1) is 15.0. The fourth-order valence-corrected chi connectivity index (χ4v) is 6.84. The Bertz CT molecular complexity index is 1030. The second kappa shape index (κ2) is 8.52. The molecule has 2 aromatic heterocycles. The molecule has 2 aromatic rings. The van der Waals surface area contributed by atoms with Crippen molar-refractivity contribution in [3.05, 3.63) is 30.2 Å². The lowest BCUT2D eigenvalue weighted by molar-refractivity contribution is -0.136. The van der Waals surface area contributed by atoms with Crippen molar-refractivity contribution < 1.29 is 22.4 Å². The third kappa shape index (κ3) is 4.10. The van der Waals surface area contributed by atoms with E-state index >= 15 is 0 Å². The molecule has 0 bridgehead atoms. The number of aromatic nitrogens is 1. The Hall–Kier alpha value is -1.97. The summed E-state index contributed by atoms with van der Waals surface area (Å²) in [6.45, 7) is 3.07. The fourth-order valence-electron chi connectivity index (χ4n) is 4.96. The number of rotatable bonds is 5. The smallest absolute Gasteiger partial charge is 0.222 e. The average Bonchev–Trinajstić information content (AvgIpc) is 3.17. The monoisotopic (exact) mass is 447 g/mol. The number of carbonyl (C=O) groups excluding carboxylic acids is 1. The summed E-state index contributed by atoms with van der Waals surface area (Å²) in [6.07, 6.45) is 7.36. The van der Waals surface area contributed by atoms with E-state index in [1.165, 1.54) is 0 Å². The Morgan fingerprint density at radius 3 is 2.61 bits per heavy atom. The summed E-state index contributed by atoms with van der Waals surface area (Å²) < 4.78 is 38.7. The first kappa shape index (κ1) is 20.9. The molecular weight excluding hydrogens is 418 g/mol. The first-order valence-electron chi connectivity index (χ1n) is 11.2. The van der Waals surface area contributed by atoms with Gasteiger partial charge in [0.05, 0.1) is 6.26 Å². The largest absolute Gasteiger partial charge is 0.462 e. The predicted octanol–water partition coefficient (Wildman–Crippen LogP) is 2.36. The van der Waals surface area contributed by atoms with E-state index in [1.54, 1.807) is 21.7 Å². The minimum atomic E-state index is -3.38. The number of sulfonamides is 1. The predicted molar refractivity (Wildman–Crippen MR) is 115 cm³/mol. The van der Waals surface area contributed by atoms with Gasteiger partial charge in [0.2, 0.25) is 15.9 Å². The van der Waals surface area contributed by atoms with Gasteiger partial charge in [-0.15, -0.1) is 0 Å². The van der Waals surface area contributed by atoms with E-state index in [4.69, 9.17) is 9.15 Å². The van der Waals surface area contributed by atoms with Gasteiger partial charge in [0, 0.05) is 57.6 Å². The average molecular weight is 448 g/mol. The van der Waals surface area contributed by atoms with E-state index < -0.39 is 15.3 Å². The number of nitrogens with zero attached hydrogens (tertiary/aromatic N) is 3. The minimum Gasteiger partial charge on any atom is -0.462 e. The summed E-state index contributed by atoms with van der Waals surface area (Å²) in [5.41, 5.74) is 2.72. The Balaban J connectivity index is 1.14. The summed E-state index contributed by atoms with van der Waals surface area (Å²) in [6, 6.07) is 3.75. The molecule has 3 aliphatic rings. The molecule has 0 unspecified atom stereocenters. The second-order valence-corrected chi connectivity index (χ2v) is 11.2. The lowest BCUT2D eigenvalue weighted by atomic mass is 9.91. The third-order valence-corrected chi connectivity index (χ3v) is 9.26. The van der Waals surface area contributed by atoms with Crippen molar-refractivity contribution >= 4 is 27.0 Å². The molecule has 9 heteroatoms. The molecule has 5 rings (SSSR count). The number of fused-ring (bicyclic) bond motifs is 1. The molecule has 0 saturated carbocycles. The standard InChI is InChI=1S/C22H29N3O5S/c26-21(12-16-5-10-29-11-6-16)24-13-18(14-24)31(27,28)25-8-3-17(4-9-25)19-15-30-20-2-1-7-23-22(19)20/h1-2,7,15-18H,3-6,8-14H2. The molecule has 3 aliphatic heterocycles. The minimum absolute atomic E-state index is 0.0800. The van der Waals surface area contributed by atoms with Crippen LogP contribution in [0.3, 0.4) is 0 Å². The number of hydrogen-bond donors (Lipinski definition) is 0. The number of carbonyl (C=O) groups is 1. The molecule has 0 aromatic carbocycles. The van der Waals surface area contributed by atoms with Gasteiger partial charge >= 0.3 is 0 Å². The molecular formula is C22H29N3O5S. The Kier molecular flexibility index (Phi) is 5.75. The van der Waals surface area contributed by atoms with E-state index in [9.17, 15) is 13.2 Å². The van der Waals surface area contributed by atoms with Gasteiger partial charge in [0.25, 0.3) is 0 Å². The number of piperidine rings is 1. The van der Waals surface area contributed by atoms with Crippen LogP contribution in [0.15, 0.2) is 29.0 Å². The zero-order valence-corrected chi connectivity index (χ0v) is 18.4. The summed E-state index contributed by atoms with van der Waals surface area (Å²) in [7, 11) is -3.38. The molecule has 5 heterocycles. The summed E-state index contributed by atoms with van der Waals surface area (Å²) >= 11 is 0. The third-order valence-electron chi connectivity index (χ3n) is 7.04. The van der Waals surface area contributed by atoms with Crippen molar-refractivity contribution in [2.45, 2.75) is 43.3 Å². The van der Waals surface area contributed by atoms with Crippen molar-refractivity contribution in [2.24, 2.45) is 5.92 Å². The van der Waals surface area contributed by atoms with Crippen molar-refractivity contribution in [3.63, 3.8) is 0 Å². The molecule has 3 fully saturated rings. The number of likely N-dealkylation sites (tertiary alicyclic amines) is 1. The van der Waals surface area contributed by atoms with Crippen LogP contribution >= 0.6 is 0 Å². The molecule has 0 atom stereocenters. The molecule has 3 saturated heterocycles. The highest BCUT2D eigenvalue weighted by atomic mass is 32.2. The van der Waals surface area contributed by atoms with Crippen LogP contribution < -0.4 is 0 Å². The molecule has 1 amide bonds. The van der Waals surface area contributed by atoms with Gasteiger partial charge in [0.1, 0.15) is 10.8 Å². The van der Waals surface area contributed by atoms with Crippen LogP contribution in [0.4, 0.5) is 0 Å². The van der Waals surface area contributed by atoms with Crippen molar-refractivity contribution in [3.8, 4) is 0 Å². The maximum absolute atomic E-state index is 13.1. The number of pyridine rings is 1. The number of amides is 1. The van der Waals surface area contributed by atoms with E-state index in [0.29, 0.717) is 38.5 Å². The van der Waals surface area contributed by atoms with Crippen LogP contribution in [0.25, 0.3) is 11.1 Å². The van der Waals surface area contributed by atoms with Crippen LogP contribution in [-0.4, -0.2) is 73.2 Å². The molecule has 0 spiro atoms. The zero-order chi connectivity index (χ0) is 21.4. The van der Waals surface area contributed by atoms with E-state index in [2.05, 4.69) is 4.98 Å². The topological polar surface area (TPSA) is 93.0 Å². The lowest BCUT2D eigenvalue weighted by Crippen LogP contribution is -2.60. The molecule has 8 nitrogen and oxygen atoms in total. The summed E-state index contributed by atoms with van der Waals surface area (Å²) in [5, 5.41) is -0.473. The van der Waals surface area contributed by atoms with Crippen LogP contribution in [0.2, 0.25) is 0 Å². The maximum atomic E-state index is 13.1. The van der Waals surface area contributed by atoms with Gasteiger partial charge in [-0.25, -0.2) is 12.7 Å². The van der Waals surface area contributed by atoms with Gasteiger partial charge in [-0.3, -0.25) is 9.78 Å². The van der Waals surface area contributed by atoms with Gasteiger partial charge in [-0.05, 0) is 49.7 Å². The second-order valence-electron chi connectivity index (χ2n) is 8.94. The van der Waals surface area contributed by atoms with Crippen LogP contribution in [-0.2, 0) is 19.6 Å². The highest BCUT2D eigenvalue weighted by Crippen LogP contribution is 2.35. The Morgan fingerprint density at radius 2 is 1.87 bits per heavy atom. The quantitative estimate of drug-likeness (QED) is 0.699. The van der Waals surface area contributed by atoms with Gasteiger partial charge < -0.3 is 14.1 Å². The molecule has 0 radical (unpaired) electrons. The maximum Gasteiger partial charge on any atom is 0.222 e. The van der Waals surface area contributed by atoms with Crippen LogP contribution in [0.1, 0.15) is 43.6 Å². The molecule has 168 valence electrons. The highest BCUT2D eigenvalue weighted by molar-refractivity contribution is 7.89. The van der Waals surface area contributed by atoms with Crippen molar-refractivity contribution in [1.82, 2.24) is 14.2 Å². The molecule has 0 aliphatic carbocycles. The number of furan rings is 1. The normalized spacial score (nSPS) is 22.6. The van der Waals surface area contributed by atoms with Crippen molar-refractivity contribution in [2.75, 3.05) is 39.4 Å². The molecule has 31 heavy (non-hydrogen) atoms. The van der Waals surface area contributed by atoms with E-state index in [-0.39, 0.29) is 11.8 Å². The van der Waals surface area contributed by atoms with Crippen LogP contribution in [0.5, 0.6) is 0 Å².